The fourth-order valence-corrected chi connectivity index (χ4v) is 1.87. The molecule has 20 heavy (non-hydrogen) atoms. The summed E-state index contributed by atoms with van der Waals surface area (Å²) < 4.78 is 4.36. The minimum absolute atomic E-state index is 0.00888. The zero-order chi connectivity index (χ0) is 14.4. The molecule has 7 nitrogen and oxygen atoms in total. The van der Waals surface area contributed by atoms with Crippen molar-refractivity contribution in [1.82, 2.24) is 15.6 Å². The fourth-order valence-electron chi connectivity index (χ4n) is 1.66. The van der Waals surface area contributed by atoms with Gasteiger partial charge in [-0.3, -0.25) is 4.79 Å². The number of quaternary nitrogens is 1. The standard InChI is InChI=1S/C12H14ClN5O2/c13-9-3-1-2-8(6-9)7-15-4-5-16-12(19)10-11(14)18-20-17-10/h1-3,6,15H,4-5,7H2,(H2,14,18)(H,16,19)/p+1. The van der Waals surface area contributed by atoms with E-state index in [0.717, 1.165) is 23.7 Å². The highest BCUT2D eigenvalue weighted by Crippen LogP contribution is 2.09. The molecule has 0 bridgehead atoms. The lowest BCUT2D eigenvalue weighted by molar-refractivity contribution is -0.668. The van der Waals surface area contributed by atoms with Gasteiger partial charge in [0.05, 0.1) is 13.1 Å². The third kappa shape index (κ3) is 3.94. The van der Waals surface area contributed by atoms with E-state index in [1.807, 2.05) is 24.3 Å². The summed E-state index contributed by atoms with van der Waals surface area (Å²) in [7, 11) is 0. The Morgan fingerprint density at radius 1 is 1.45 bits per heavy atom. The molecule has 0 saturated heterocycles. The average molecular weight is 297 g/mol. The smallest absolute Gasteiger partial charge is 0.277 e. The highest BCUT2D eigenvalue weighted by molar-refractivity contribution is 6.30. The van der Waals surface area contributed by atoms with Crippen molar-refractivity contribution in [2.45, 2.75) is 6.54 Å². The van der Waals surface area contributed by atoms with Crippen molar-refractivity contribution in [3.63, 3.8) is 0 Å². The monoisotopic (exact) mass is 296 g/mol. The largest absolute Gasteiger partial charge is 0.379 e. The van der Waals surface area contributed by atoms with Crippen LogP contribution >= 0.6 is 11.6 Å². The maximum absolute atomic E-state index is 11.6. The molecule has 0 radical (unpaired) electrons. The third-order valence-corrected chi connectivity index (χ3v) is 2.87. The van der Waals surface area contributed by atoms with E-state index in [-0.39, 0.29) is 17.4 Å². The maximum atomic E-state index is 11.6. The molecular weight excluding hydrogens is 282 g/mol. The van der Waals surface area contributed by atoms with E-state index in [2.05, 4.69) is 25.6 Å². The molecule has 0 aliphatic rings. The second kappa shape index (κ2) is 6.88. The maximum Gasteiger partial charge on any atom is 0.277 e. The number of nitrogens with zero attached hydrogens (tertiary/aromatic N) is 2. The van der Waals surface area contributed by atoms with Gasteiger partial charge in [-0.25, -0.2) is 4.63 Å². The molecule has 8 heteroatoms. The van der Waals surface area contributed by atoms with Crippen LogP contribution in [0.3, 0.4) is 0 Å². The van der Waals surface area contributed by atoms with Gasteiger partial charge in [-0.2, -0.15) is 0 Å². The number of amides is 1. The number of hydrogen-bond acceptors (Lipinski definition) is 5. The van der Waals surface area contributed by atoms with Crippen molar-refractivity contribution in [2.24, 2.45) is 0 Å². The van der Waals surface area contributed by atoms with E-state index in [1.54, 1.807) is 0 Å². The summed E-state index contributed by atoms with van der Waals surface area (Å²) in [5.74, 6) is -0.398. The van der Waals surface area contributed by atoms with Gasteiger partial charge in [0.25, 0.3) is 5.91 Å². The molecule has 1 amide bonds. The quantitative estimate of drug-likeness (QED) is 0.639. The molecule has 1 heterocycles. The zero-order valence-electron chi connectivity index (χ0n) is 10.7. The number of carbonyl (C=O) groups excluding carboxylic acids is 1. The molecule has 2 aromatic rings. The van der Waals surface area contributed by atoms with Crippen molar-refractivity contribution in [3.8, 4) is 0 Å². The first-order valence-electron chi connectivity index (χ1n) is 6.09. The first kappa shape index (κ1) is 14.3. The van der Waals surface area contributed by atoms with Crippen molar-refractivity contribution >= 4 is 23.3 Å². The van der Waals surface area contributed by atoms with Crippen molar-refractivity contribution < 1.29 is 14.7 Å². The summed E-state index contributed by atoms with van der Waals surface area (Å²) >= 11 is 5.89. The summed E-state index contributed by atoms with van der Waals surface area (Å²) in [4.78, 5) is 11.6. The van der Waals surface area contributed by atoms with Crippen LogP contribution in [0.1, 0.15) is 16.1 Å². The lowest BCUT2D eigenvalue weighted by Crippen LogP contribution is -2.84. The molecule has 0 saturated carbocycles. The minimum atomic E-state index is -0.389. The summed E-state index contributed by atoms with van der Waals surface area (Å²) in [5, 5.41) is 12.2. The molecule has 106 valence electrons. The first-order valence-corrected chi connectivity index (χ1v) is 6.47. The van der Waals surface area contributed by atoms with Gasteiger partial charge in [0.15, 0.2) is 0 Å². The molecule has 0 aliphatic heterocycles. The van der Waals surface area contributed by atoms with E-state index in [0.29, 0.717) is 6.54 Å². The number of nitrogen functional groups attached to an aromatic ring is 1. The lowest BCUT2D eigenvalue weighted by atomic mass is 10.2. The summed E-state index contributed by atoms with van der Waals surface area (Å²) in [6.45, 7) is 2.01. The summed E-state index contributed by atoms with van der Waals surface area (Å²) in [5.41, 5.74) is 6.56. The van der Waals surface area contributed by atoms with Crippen LogP contribution in [0.4, 0.5) is 5.82 Å². The Morgan fingerprint density at radius 3 is 3.00 bits per heavy atom. The van der Waals surface area contributed by atoms with Crippen LogP contribution in [0.2, 0.25) is 5.02 Å². The van der Waals surface area contributed by atoms with Gasteiger partial charge in [-0.15, -0.1) is 0 Å². The molecule has 0 unspecified atom stereocenters. The second-order valence-electron chi connectivity index (χ2n) is 4.17. The predicted octanol–water partition coefficient (Wildman–Crippen LogP) is -0.201. The molecule has 2 rings (SSSR count). The second-order valence-corrected chi connectivity index (χ2v) is 4.60. The summed E-state index contributed by atoms with van der Waals surface area (Å²) in [6, 6.07) is 7.66. The number of hydrogen-bond donors (Lipinski definition) is 3. The van der Waals surface area contributed by atoms with Crippen molar-refractivity contribution in [1.29, 1.82) is 0 Å². The highest BCUT2D eigenvalue weighted by atomic mass is 35.5. The van der Waals surface area contributed by atoms with Crippen LogP contribution in [0.15, 0.2) is 28.9 Å². The van der Waals surface area contributed by atoms with E-state index < -0.39 is 0 Å². The van der Waals surface area contributed by atoms with E-state index >= 15 is 0 Å². The van der Waals surface area contributed by atoms with E-state index in [9.17, 15) is 4.79 Å². The van der Waals surface area contributed by atoms with Gasteiger partial charge >= 0.3 is 0 Å². The SMILES string of the molecule is Nc1nonc1C(=O)NCC[NH2+]Cc1cccc(Cl)c1. The van der Waals surface area contributed by atoms with Crippen LogP contribution in [0.5, 0.6) is 0 Å². The first-order chi connectivity index (χ1) is 9.66. The molecule has 5 N–H and O–H groups in total. The Labute approximate surface area is 120 Å². The van der Waals surface area contributed by atoms with Gasteiger partial charge in [0.2, 0.25) is 11.5 Å². The van der Waals surface area contributed by atoms with Crippen LogP contribution in [0, 0.1) is 0 Å². The Bertz CT molecular complexity index is 587. The fraction of sp³-hybridized carbons (Fsp3) is 0.250. The van der Waals surface area contributed by atoms with Gasteiger partial charge < -0.3 is 16.4 Å². The number of rotatable bonds is 6. The lowest BCUT2D eigenvalue weighted by Gasteiger charge is -2.04. The number of aromatic nitrogens is 2. The van der Waals surface area contributed by atoms with Crippen LogP contribution in [-0.4, -0.2) is 29.3 Å². The van der Waals surface area contributed by atoms with Crippen molar-refractivity contribution in [2.75, 3.05) is 18.8 Å². The normalized spacial score (nSPS) is 10.4. The van der Waals surface area contributed by atoms with Crippen molar-refractivity contribution in [3.05, 3.63) is 40.5 Å². The topological polar surface area (TPSA) is 111 Å². The third-order valence-electron chi connectivity index (χ3n) is 2.63. The number of benzene rings is 1. The molecule has 0 fully saturated rings. The Morgan fingerprint density at radius 2 is 2.30 bits per heavy atom. The van der Waals surface area contributed by atoms with E-state index in [4.69, 9.17) is 17.3 Å². The molecule has 1 aromatic heterocycles. The van der Waals surface area contributed by atoms with Gasteiger partial charge in [-0.1, -0.05) is 23.7 Å². The average Bonchev–Trinajstić information content (AvgIpc) is 2.84. The predicted molar refractivity (Wildman–Crippen MR) is 73.0 cm³/mol. The van der Waals surface area contributed by atoms with Crippen LogP contribution < -0.4 is 16.4 Å². The number of halogens is 1. The van der Waals surface area contributed by atoms with E-state index in [1.165, 1.54) is 0 Å². The number of nitrogens with two attached hydrogens (primary N) is 2. The van der Waals surface area contributed by atoms with Gasteiger partial charge in [0, 0.05) is 10.6 Å². The number of anilines is 1. The molecule has 0 aliphatic carbocycles. The van der Waals surface area contributed by atoms with Gasteiger partial charge in [0.1, 0.15) is 6.54 Å². The number of nitrogens with one attached hydrogen (secondary N) is 1. The molecule has 1 aromatic carbocycles. The Hall–Kier alpha value is -2.12. The number of carbonyl (C=O) groups is 1. The molecule has 0 atom stereocenters. The highest BCUT2D eigenvalue weighted by Gasteiger charge is 2.15. The summed E-state index contributed by atoms with van der Waals surface area (Å²) in [6.07, 6.45) is 0. The zero-order valence-corrected chi connectivity index (χ0v) is 11.4. The Kier molecular flexibility index (Phi) is 4.91. The Balaban J connectivity index is 1.67. The molecule has 0 spiro atoms. The molecular formula is C12H15ClN5O2+. The minimum Gasteiger partial charge on any atom is -0.379 e. The van der Waals surface area contributed by atoms with Crippen LogP contribution in [0.25, 0.3) is 0 Å². The van der Waals surface area contributed by atoms with Gasteiger partial charge in [-0.05, 0) is 22.4 Å². The van der Waals surface area contributed by atoms with Crippen LogP contribution in [-0.2, 0) is 6.54 Å².